The molecular formula is C8H9N3O2. The fourth-order valence-corrected chi connectivity index (χ4v) is 1.20. The summed E-state index contributed by atoms with van der Waals surface area (Å²) >= 11 is 0. The van der Waals surface area contributed by atoms with Crippen LogP contribution in [0.4, 0.5) is 0 Å². The van der Waals surface area contributed by atoms with Gasteiger partial charge in [-0.05, 0) is 6.07 Å². The summed E-state index contributed by atoms with van der Waals surface area (Å²) in [6.07, 6.45) is 1.62. The summed E-state index contributed by atoms with van der Waals surface area (Å²) < 4.78 is 0. The first-order valence-electron chi connectivity index (χ1n) is 3.89. The van der Waals surface area contributed by atoms with Crippen molar-refractivity contribution in [1.29, 1.82) is 0 Å². The molecule has 2 aliphatic rings. The van der Waals surface area contributed by atoms with Crippen LogP contribution in [0.5, 0.6) is 0 Å². The normalized spacial score (nSPS) is 10.9. The number of rotatable bonds is 2. The molecule has 0 aromatic carbocycles. The number of aliphatic hydroxyl groups is 2. The average Bonchev–Trinajstić information content (AvgIpc) is 2.62. The topological polar surface area (TPSA) is 82.0 Å². The van der Waals surface area contributed by atoms with Crippen molar-refractivity contribution in [2.24, 2.45) is 0 Å². The molecule has 3 N–H and O–H groups in total. The lowest BCUT2D eigenvalue weighted by atomic mass is 10.3. The van der Waals surface area contributed by atoms with Gasteiger partial charge in [0.1, 0.15) is 0 Å². The Morgan fingerprint density at radius 1 is 1.31 bits per heavy atom. The highest BCUT2D eigenvalue weighted by Crippen LogP contribution is 2.17. The molecule has 5 heteroatoms. The number of aromatic nitrogens is 3. The number of aliphatic hydroxyl groups excluding tert-OH is 2. The zero-order chi connectivity index (χ0) is 9.26. The molecule has 2 aliphatic heterocycles. The molecule has 0 atom stereocenters. The second-order valence-electron chi connectivity index (χ2n) is 2.66. The van der Waals surface area contributed by atoms with Crippen molar-refractivity contribution in [2.45, 2.75) is 13.2 Å². The van der Waals surface area contributed by atoms with Crippen LogP contribution < -0.4 is 0 Å². The lowest BCUT2D eigenvalue weighted by Gasteiger charge is -2.06. The SMILES string of the molecule is OCc1nc2nccc-2[nH]c1CO. The van der Waals surface area contributed by atoms with Gasteiger partial charge >= 0.3 is 0 Å². The molecule has 0 aliphatic carbocycles. The molecule has 0 bridgehead atoms. The summed E-state index contributed by atoms with van der Waals surface area (Å²) in [4.78, 5) is 11.0. The highest BCUT2D eigenvalue weighted by Gasteiger charge is 2.10. The second kappa shape index (κ2) is 3.12. The number of aromatic amines is 1. The van der Waals surface area contributed by atoms with Gasteiger partial charge in [-0.25, -0.2) is 9.97 Å². The Kier molecular flexibility index (Phi) is 1.96. The van der Waals surface area contributed by atoms with Crippen LogP contribution >= 0.6 is 0 Å². The fraction of sp³-hybridized carbons (Fsp3) is 0.250. The number of nitrogens with zero attached hydrogens (tertiary/aromatic N) is 2. The summed E-state index contributed by atoms with van der Waals surface area (Å²) in [5.74, 6) is 0.557. The third kappa shape index (κ3) is 1.28. The fourth-order valence-electron chi connectivity index (χ4n) is 1.20. The van der Waals surface area contributed by atoms with Gasteiger partial charge in [-0.1, -0.05) is 0 Å². The van der Waals surface area contributed by atoms with Gasteiger partial charge in [0.2, 0.25) is 0 Å². The third-order valence-corrected chi connectivity index (χ3v) is 1.86. The number of nitrogens with one attached hydrogen (secondary N) is 1. The van der Waals surface area contributed by atoms with E-state index in [2.05, 4.69) is 15.0 Å². The Balaban J connectivity index is 2.62. The average molecular weight is 179 g/mol. The number of hydrogen-bond donors (Lipinski definition) is 3. The number of H-pyrrole nitrogens is 1. The molecule has 0 radical (unpaired) electrons. The second-order valence-corrected chi connectivity index (χ2v) is 2.66. The minimum absolute atomic E-state index is 0.163. The molecule has 0 aromatic heterocycles. The van der Waals surface area contributed by atoms with E-state index in [-0.39, 0.29) is 13.2 Å². The van der Waals surface area contributed by atoms with Gasteiger partial charge in [0.05, 0.1) is 30.3 Å². The Morgan fingerprint density at radius 2 is 2.15 bits per heavy atom. The van der Waals surface area contributed by atoms with Crippen LogP contribution in [0.3, 0.4) is 0 Å². The van der Waals surface area contributed by atoms with E-state index in [1.165, 1.54) is 0 Å². The summed E-state index contributed by atoms with van der Waals surface area (Å²) in [5, 5.41) is 17.9. The van der Waals surface area contributed by atoms with Crippen LogP contribution in [0.15, 0.2) is 12.3 Å². The molecule has 2 rings (SSSR count). The lowest BCUT2D eigenvalue weighted by molar-refractivity contribution is 0.251. The largest absolute Gasteiger partial charge is 0.390 e. The predicted octanol–water partition coefficient (Wildman–Crippen LogP) is -0.106. The van der Waals surface area contributed by atoms with Gasteiger partial charge in [0, 0.05) is 6.20 Å². The highest BCUT2D eigenvalue weighted by atomic mass is 16.3. The van der Waals surface area contributed by atoms with Gasteiger partial charge in [-0.2, -0.15) is 0 Å². The van der Waals surface area contributed by atoms with Crippen LogP contribution in [0, 0.1) is 0 Å². The smallest absolute Gasteiger partial charge is 0.176 e. The first-order valence-corrected chi connectivity index (χ1v) is 3.89. The molecule has 0 spiro atoms. The first kappa shape index (κ1) is 8.15. The summed E-state index contributed by atoms with van der Waals surface area (Å²) in [6, 6.07) is 1.77. The standard InChI is InChI=1S/C8H9N3O2/c12-3-6-7(4-13)11-8-5(10-6)1-2-9-8/h1-2,10,12-13H,3-4H2. The van der Waals surface area contributed by atoms with E-state index in [1.807, 2.05) is 0 Å². The van der Waals surface area contributed by atoms with Crippen LogP contribution in [0.25, 0.3) is 11.5 Å². The summed E-state index contributed by atoms with van der Waals surface area (Å²) in [7, 11) is 0. The molecule has 68 valence electrons. The number of hydrogen-bond acceptors (Lipinski definition) is 4. The molecule has 0 aromatic rings. The van der Waals surface area contributed by atoms with Gasteiger partial charge in [-0.3, -0.25) is 0 Å². The molecule has 5 nitrogen and oxygen atoms in total. The van der Waals surface area contributed by atoms with E-state index in [9.17, 15) is 0 Å². The lowest BCUT2D eigenvalue weighted by Crippen LogP contribution is -2.04. The first-order chi connectivity index (χ1) is 6.35. The quantitative estimate of drug-likeness (QED) is 0.601. The van der Waals surface area contributed by atoms with Crippen molar-refractivity contribution in [3.8, 4) is 11.5 Å². The van der Waals surface area contributed by atoms with E-state index < -0.39 is 0 Å². The van der Waals surface area contributed by atoms with Crippen LogP contribution in [-0.2, 0) is 13.2 Å². The van der Waals surface area contributed by atoms with Crippen LogP contribution in [0.1, 0.15) is 11.4 Å². The molecule has 13 heavy (non-hydrogen) atoms. The number of fused-ring (bicyclic) bond motifs is 1. The zero-order valence-corrected chi connectivity index (χ0v) is 6.86. The van der Waals surface area contributed by atoms with Crippen molar-refractivity contribution in [3.05, 3.63) is 23.7 Å². The third-order valence-electron chi connectivity index (χ3n) is 1.86. The maximum Gasteiger partial charge on any atom is 0.176 e. The zero-order valence-electron chi connectivity index (χ0n) is 6.86. The molecule has 0 unspecified atom stereocenters. The molecule has 2 heterocycles. The maximum atomic E-state index is 8.94. The van der Waals surface area contributed by atoms with Gasteiger partial charge < -0.3 is 15.2 Å². The van der Waals surface area contributed by atoms with Crippen LogP contribution in [0.2, 0.25) is 0 Å². The highest BCUT2D eigenvalue weighted by molar-refractivity contribution is 5.51. The summed E-state index contributed by atoms with van der Waals surface area (Å²) in [6.45, 7) is -0.362. The van der Waals surface area contributed by atoms with Crippen LogP contribution in [-0.4, -0.2) is 25.2 Å². The summed E-state index contributed by atoms with van der Waals surface area (Å²) in [5.41, 5.74) is 1.73. The molecule has 0 saturated carbocycles. The van der Waals surface area contributed by atoms with Crippen molar-refractivity contribution in [2.75, 3.05) is 0 Å². The molecule has 0 fully saturated rings. The van der Waals surface area contributed by atoms with Crippen molar-refractivity contribution in [3.63, 3.8) is 0 Å². The predicted molar refractivity (Wildman–Crippen MR) is 44.9 cm³/mol. The Bertz CT molecular complexity index is 350. The van der Waals surface area contributed by atoms with Crippen molar-refractivity contribution >= 4 is 0 Å². The monoisotopic (exact) mass is 179 g/mol. The van der Waals surface area contributed by atoms with E-state index in [4.69, 9.17) is 10.2 Å². The van der Waals surface area contributed by atoms with Crippen molar-refractivity contribution in [1.82, 2.24) is 15.0 Å². The van der Waals surface area contributed by atoms with E-state index in [0.29, 0.717) is 17.2 Å². The minimum atomic E-state index is -0.199. The molecule has 0 amide bonds. The van der Waals surface area contributed by atoms with E-state index >= 15 is 0 Å². The minimum Gasteiger partial charge on any atom is -0.390 e. The van der Waals surface area contributed by atoms with Gasteiger partial charge in [0.25, 0.3) is 0 Å². The Hall–Kier alpha value is -1.46. The molecule has 0 saturated heterocycles. The Labute approximate surface area is 74.4 Å². The Morgan fingerprint density at radius 3 is 2.85 bits per heavy atom. The maximum absolute atomic E-state index is 8.94. The van der Waals surface area contributed by atoms with Gasteiger partial charge in [-0.15, -0.1) is 0 Å². The van der Waals surface area contributed by atoms with Crippen molar-refractivity contribution < 1.29 is 10.2 Å². The van der Waals surface area contributed by atoms with E-state index in [1.54, 1.807) is 12.3 Å². The molecular weight excluding hydrogens is 170 g/mol. The van der Waals surface area contributed by atoms with E-state index in [0.717, 1.165) is 5.69 Å². The van der Waals surface area contributed by atoms with Gasteiger partial charge in [0.15, 0.2) is 5.82 Å².